The Morgan fingerprint density at radius 2 is 2.00 bits per heavy atom. The van der Waals surface area contributed by atoms with Crippen LogP contribution in [0.5, 0.6) is 0 Å². The summed E-state index contributed by atoms with van der Waals surface area (Å²) >= 11 is 0. The molecule has 2 aromatic rings. The number of piperidine rings is 1. The number of amides is 2. The van der Waals surface area contributed by atoms with Crippen LogP contribution < -0.4 is 10.2 Å². The van der Waals surface area contributed by atoms with Gasteiger partial charge in [-0.05, 0) is 55.0 Å². The molecule has 3 heterocycles. The number of para-hydroxylation sites is 1. The van der Waals surface area contributed by atoms with E-state index in [0.29, 0.717) is 26.1 Å². The maximum Gasteiger partial charge on any atom is 0.241 e. The van der Waals surface area contributed by atoms with Gasteiger partial charge in [0, 0.05) is 37.7 Å². The number of nitrogens with zero attached hydrogens (tertiary/aromatic N) is 2. The van der Waals surface area contributed by atoms with Crippen LogP contribution in [-0.2, 0) is 16.0 Å². The van der Waals surface area contributed by atoms with E-state index < -0.39 is 5.54 Å². The van der Waals surface area contributed by atoms with Gasteiger partial charge in [0.2, 0.25) is 11.8 Å². The number of rotatable bonds is 3. The van der Waals surface area contributed by atoms with Crippen LogP contribution in [0.3, 0.4) is 0 Å². The lowest BCUT2D eigenvalue weighted by Gasteiger charge is -2.39. The molecular weight excluding hydrogens is 393 g/mol. The molecule has 2 amide bonds. The lowest BCUT2D eigenvalue weighted by atomic mass is 9.76. The smallest absolute Gasteiger partial charge is 0.241 e. The predicted octanol–water partition coefficient (Wildman–Crippen LogP) is 3.24. The minimum atomic E-state index is -0.441. The average molecular weight is 422 g/mol. The molecule has 2 aromatic carbocycles. The van der Waals surface area contributed by atoms with Gasteiger partial charge in [-0.25, -0.2) is 4.39 Å². The van der Waals surface area contributed by atoms with Crippen LogP contribution in [0, 0.1) is 5.82 Å². The summed E-state index contributed by atoms with van der Waals surface area (Å²) in [5.74, 6) is -0.168. The number of carbonyl (C=O) groups is 2. The highest BCUT2D eigenvalue weighted by molar-refractivity contribution is 5.96. The van der Waals surface area contributed by atoms with Gasteiger partial charge in [0.05, 0.1) is 12.1 Å². The van der Waals surface area contributed by atoms with Gasteiger partial charge < -0.3 is 10.2 Å². The van der Waals surface area contributed by atoms with Crippen LogP contribution in [-0.4, -0.2) is 48.4 Å². The monoisotopic (exact) mass is 421 g/mol. The maximum absolute atomic E-state index is 14.0. The van der Waals surface area contributed by atoms with Gasteiger partial charge in [-0.1, -0.05) is 30.3 Å². The molecule has 3 aliphatic heterocycles. The Bertz CT molecular complexity index is 1010. The van der Waals surface area contributed by atoms with Crippen molar-refractivity contribution in [1.29, 1.82) is 0 Å². The molecule has 2 fully saturated rings. The topological polar surface area (TPSA) is 52.7 Å². The zero-order valence-corrected chi connectivity index (χ0v) is 17.6. The maximum atomic E-state index is 14.0. The lowest BCUT2D eigenvalue weighted by molar-refractivity contribution is -0.125. The largest absolute Gasteiger partial charge is 0.349 e. The Balaban J connectivity index is 1.38. The summed E-state index contributed by atoms with van der Waals surface area (Å²) in [7, 11) is 0. The molecule has 0 unspecified atom stereocenters. The van der Waals surface area contributed by atoms with Crippen molar-refractivity contribution in [2.24, 2.45) is 0 Å². The van der Waals surface area contributed by atoms with Gasteiger partial charge in [0.25, 0.3) is 0 Å². The van der Waals surface area contributed by atoms with E-state index in [4.69, 9.17) is 0 Å². The summed E-state index contributed by atoms with van der Waals surface area (Å²) < 4.78 is 14.0. The van der Waals surface area contributed by atoms with Crippen LogP contribution in [0.1, 0.15) is 42.7 Å². The Morgan fingerprint density at radius 3 is 2.84 bits per heavy atom. The first kappa shape index (κ1) is 20.2. The number of carbonyl (C=O) groups excluding carboxylic acids is 2. The van der Waals surface area contributed by atoms with Crippen LogP contribution in [0.4, 0.5) is 10.1 Å². The molecule has 3 aliphatic rings. The summed E-state index contributed by atoms with van der Waals surface area (Å²) in [5, 5.41) is 3.23. The first-order valence-corrected chi connectivity index (χ1v) is 11.2. The molecule has 0 saturated carbocycles. The number of nitrogens with one attached hydrogen (secondary N) is 1. The van der Waals surface area contributed by atoms with Crippen molar-refractivity contribution in [2.75, 3.05) is 31.1 Å². The molecule has 2 saturated heterocycles. The van der Waals surface area contributed by atoms with E-state index >= 15 is 0 Å². The molecule has 6 heteroatoms. The van der Waals surface area contributed by atoms with Crippen molar-refractivity contribution in [2.45, 2.75) is 43.6 Å². The summed E-state index contributed by atoms with van der Waals surface area (Å²) in [4.78, 5) is 29.6. The summed E-state index contributed by atoms with van der Waals surface area (Å²) in [5.41, 5.74) is 2.68. The van der Waals surface area contributed by atoms with Crippen LogP contribution in [0.25, 0.3) is 0 Å². The molecule has 5 nitrogen and oxygen atoms in total. The van der Waals surface area contributed by atoms with Crippen molar-refractivity contribution in [3.05, 3.63) is 65.5 Å². The fraction of sp³-hybridized carbons (Fsp3) is 0.440. The van der Waals surface area contributed by atoms with E-state index in [1.165, 1.54) is 11.6 Å². The molecule has 0 aromatic heterocycles. The second-order valence-corrected chi connectivity index (χ2v) is 9.11. The van der Waals surface area contributed by atoms with Crippen molar-refractivity contribution in [3.63, 3.8) is 0 Å². The first-order chi connectivity index (χ1) is 15.0. The van der Waals surface area contributed by atoms with Gasteiger partial charge in [0.15, 0.2) is 0 Å². The van der Waals surface area contributed by atoms with Gasteiger partial charge in [-0.3, -0.25) is 14.5 Å². The highest BCUT2D eigenvalue weighted by Gasteiger charge is 2.49. The lowest BCUT2D eigenvalue weighted by Crippen LogP contribution is -2.56. The second kappa shape index (κ2) is 8.08. The summed E-state index contributed by atoms with van der Waals surface area (Å²) in [6.45, 7) is 2.28. The number of hydrogen-bond acceptors (Lipinski definition) is 3. The summed E-state index contributed by atoms with van der Waals surface area (Å²) in [6.07, 6.45) is 4.16. The second-order valence-electron chi connectivity index (χ2n) is 9.11. The van der Waals surface area contributed by atoms with Crippen LogP contribution >= 0.6 is 0 Å². The standard InChI is InChI=1S/C25H28FN3O2/c26-20-9-3-7-19(14-20)21-15-28(17-25(21)12-4-11-23(30)27-25)16-24(31)29-13-5-8-18-6-1-2-10-22(18)29/h1-3,6-7,9-10,14,21H,4-5,8,11-13,15-17H2,(H,27,30)/t21-,25+/m0/s1. The highest BCUT2D eigenvalue weighted by atomic mass is 19.1. The highest BCUT2D eigenvalue weighted by Crippen LogP contribution is 2.41. The minimum absolute atomic E-state index is 0.0334. The predicted molar refractivity (Wildman–Crippen MR) is 117 cm³/mol. The number of hydrogen-bond donors (Lipinski definition) is 1. The van der Waals surface area contributed by atoms with Crippen molar-refractivity contribution in [1.82, 2.24) is 10.2 Å². The Kier molecular flexibility index (Phi) is 5.26. The number of anilines is 1. The van der Waals surface area contributed by atoms with E-state index in [1.54, 1.807) is 12.1 Å². The normalized spacial score (nSPS) is 26.0. The van der Waals surface area contributed by atoms with Gasteiger partial charge in [-0.2, -0.15) is 0 Å². The number of aryl methyl sites for hydroxylation is 1. The molecule has 0 radical (unpaired) electrons. The van der Waals surface area contributed by atoms with E-state index in [2.05, 4.69) is 16.3 Å². The fourth-order valence-electron chi connectivity index (χ4n) is 5.69. The molecule has 1 N–H and O–H groups in total. The fourth-order valence-corrected chi connectivity index (χ4v) is 5.69. The van der Waals surface area contributed by atoms with Gasteiger partial charge >= 0.3 is 0 Å². The number of likely N-dealkylation sites (tertiary alicyclic amines) is 1. The molecule has 2 atom stereocenters. The number of halogens is 1. The van der Waals surface area contributed by atoms with E-state index in [1.807, 2.05) is 29.2 Å². The number of fused-ring (bicyclic) bond motifs is 1. The molecule has 1 spiro atoms. The molecule has 31 heavy (non-hydrogen) atoms. The van der Waals surface area contributed by atoms with Gasteiger partial charge in [0.1, 0.15) is 5.82 Å². The third kappa shape index (κ3) is 3.85. The SMILES string of the molecule is O=C1CCC[C@]2(CN(CC(=O)N3CCCc4ccccc43)C[C@H]2c2cccc(F)c2)N1. The Labute approximate surface area is 182 Å². The van der Waals surface area contributed by atoms with Crippen molar-refractivity contribution < 1.29 is 14.0 Å². The van der Waals surface area contributed by atoms with Crippen molar-refractivity contribution >= 4 is 17.5 Å². The van der Waals surface area contributed by atoms with Crippen LogP contribution in [0.2, 0.25) is 0 Å². The third-order valence-corrected chi connectivity index (χ3v) is 7.05. The number of benzene rings is 2. The summed E-state index contributed by atoms with van der Waals surface area (Å²) in [6, 6.07) is 14.8. The minimum Gasteiger partial charge on any atom is -0.349 e. The van der Waals surface area contributed by atoms with Gasteiger partial charge in [-0.15, -0.1) is 0 Å². The van der Waals surface area contributed by atoms with E-state index in [-0.39, 0.29) is 23.5 Å². The molecule has 5 rings (SSSR count). The molecule has 0 aliphatic carbocycles. The molecule has 162 valence electrons. The Hall–Kier alpha value is -2.73. The quantitative estimate of drug-likeness (QED) is 0.828. The third-order valence-electron chi connectivity index (χ3n) is 7.05. The average Bonchev–Trinajstić information content (AvgIpc) is 3.09. The van der Waals surface area contributed by atoms with E-state index in [0.717, 1.165) is 43.5 Å². The van der Waals surface area contributed by atoms with Crippen LogP contribution in [0.15, 0.2) is 48.5 Å². The van der Waals surface area contributed by atoms with E-state index in [9.17, 15) is 14.0 Å². The first-order valence-electron chi connectivity index (χ1n) is 11.2. The zero-order chi connectivity index (χ0) is 21.4. The molecule has 0 bridgehead atoms. The molecular formula is C25H28FN3O2. The zero-order valence-electron chi connectivity index (χ0n) is 17.6. The van der Waals surface area contributed by atoms with Crippen molar-refractivity contribution in [3.8, 4) is 0 Å². The Morgan fingerprint density at radius 1 is 1.13 bits per heavy atom.